The normalized spacial score (nSPS) is 20.6. The topological polar surface area (TPSA) is 20.3 Å². The van der Waals surface area contributed by atoms with Crippen molar-refractivity contribution in [3.8, 4) is 0 Å². The molecule has 1 heterocycles. The van der Waals surface area contributed by atoms with Gasteiger partial charge in [0.2, 0.25) is 0 Å². The smallest absolute Gasteiger partial charge is 0.254 e. The first-order chi connectivity index (χ1) is 8.72. The molecule has 1 unspecified atom stereocenters. The number of nitrogens with zero attached hydrogens (tertiary/aromatic N) is 1. The van der Waals surface area contributed by atoms with E-state index in [4.69, 9.17) is 11.6 Å². The molecule has 1 aliphatic rings. The van der Waals surface area contributed by atoms with Gasteiger partial charge in [0.1, 0.15) is 0 Å². The van der Waals surface area contributed by atoms with Gasteiger partial charge >= 0.3 is 0 Å². The van der Waals surface area contributed by atoms with Crippen LogP contribution in [0, 0.1) is 0 Å². The number of hydrogen-bond donors (Lipinski definition) is 0. The fourth-order valence-corrected chi connectivity index (χ4v) is 2.95. The van der Waals surface area contributed by atoms with Crippen molar-refractivity contribution < 1.29 is 4.79 Å². The minimum Gasteiger partial charge on any atom is -0.334 e. The van der Waals surface area contributed by atoms with Crippen LogP contribution < -0.4 is 0 Å². The van der Waals surface area contributed by atoms with E-state index in [1.54, 1.807) is 0 Å². The quantitative estimate of drug-likeness (QED) is 0.748. The highest BCUT2D eigenvalue weighted by molar-refractivity contribution is 9.10. The molecule has 1 aliphatic heterocycles. The Morgan fingerprint density at radius 2 is 2.00 bits per heavy atom. The molecule has 0 N–H and O–H groups in total. The van der Waals surface area contributed by atoms with Gasteiger partial charge in [-0.2, -0.15) is 0 Å². The highest BCUT2D eigenvalue weighted by Gasteiger charge is 2.25. The summed E-state index contributed by atoms with van der Waals surface area (Å²) < 4.78 is 0.990. The van der Waals surface area contributed by atoms with Crippen molar-refractivity contribution in [1.82, 2.24) is 4.90 Å². The molecule has 0 aliphatic carbocycles. The number of carbonyl (C=O) groups is 1. The molecule has 1 aromatic rings. The first kappa shape index (κ1) is 13.9. The molecule has 1 aromatic carbocycles. The Morgan fingerprint density at radius 1 is 1.28 bits per heavy atom. The molecule has 4 heteroatoms. The second-order valence-corrected chi connectivity index (χ2v) is 5.89. The minimum atomic E-state index is 0.107. The third-order valence-corrected chi connectivity index (χ3v) is 4.29. The van der Waals surface area contributed by atoms with Crippen LogP contribution in [0.15, 0.2) is 28.7 Å². The van der Waals surface area contributed by atoms with Gasteiger partial charge in [-0.1, -0.05) is 28.8 Å². The van der Waals surface area contributed by atoms with Crippen molar-refractivity contribution in [3.63, 3.8) is 0 Å². The summed E-state index contributed by atoms with van der Waals surface area (Å²) in [6.07, 6.45) is 4.46. The molecule has 1 atom stereocenters. The van der Waals surface area contributed by atoms with Gasteiger partial charge in [-0.15, -0.1) is 11.6 Å². The Balaban J connectivity index is 2.17. The zero-order valence-corrected chi connectivity index (χ0v) is 12.6. The SMILES string of the molecule is O=C(c1ccc(Br)cc1)N1CCCCCC1CCl. The Kier molecular flexibility index (Phi) is 5.07. The van der Waals surface area contributed by atoms with Crippen LogP contribution in [0.1, 0.15) is 36.0 Å². The Morgan fingerprint density at radius 3 is 2.67 bits per heavy atom. The van der Waals surface area contributed by atoms with E-state index in [2.05, 4.69) is 15.9 Å². The van der Waals surface area contributed by atoms with Crippen LogP contribution in [0.25, 0.3) is 0 Å². The Bertz CT molecular complexity index is 407. The molecule has 1 amide bonds. The predicted octanol–water partition coefficient (Wildman–Crippen LogP) is 4.07. The molecule has 0 aromatic heterocycles. The summed E-state index contributed by atoms with van der Waals surface area (Å²) in [6, 6.07) is 7.72. The van der Waals surface area contributed by atoms with Gasteiger partial charge in [-0.05, 0) is 37.1 Å². The molecule has 18 heavy (non-hydrogen) atoms. The van der Waals surface area contributed by atoms with Gasteiger partial charge in [0.25, 0.3) is 5.91 Å². The lowest BCUT2D eigenvalue weighted by Crippen LogP contribution is -2.41. The van der Waals surface area contributed by atoms with E-state index in [1.807, 2.05) is 29.2 Å². The van der Waals surface area contributed by atoms with Gasteiger partial charge in [-0.25, -0.2) is 0 Å². The van der Waals surface area contributed by atoms with Crippen LogP contribution in [0.4, 0.5) is 0 Å². The molecule has 98 valence electrons. The Labute approximate surface area is 121 Å². The molecule has 0 saturated carbocycles. The molecule has 0 bridgehead atoms. The third-order valence-electron chi connectivity index (χ3n) is 3.41. The lowest BCUT2D eigenvalue weighted by Gasteiger charge is -2.28. The number of likely N-dealkylation sites (tertiary alicyclic amines) is 1. The summed E-state index contributed by atoms with van der Waals surface area (Å²) in [5.74, 6) is 0.637. The summed E-state index contributed by atoms with van der Waals surface area (Å²) in [4.78, 5) is 14.4. The van der Waals surface area contributed by atoms with E-state index in [1.165, 1.54) is 12.8 Å². The number of rotatable bonds is 2. The summed E-state index contributed by atoms with van der Waals surface area (Å²) in [5.41, 5.74) is 0.746. The first-order valence-corrected chi connectivity index (χ1v) is 7.67. The van der Waals surface area contributed by atoms with Crippen molar-refractivity contribution in [2.75, 3.05) is 12.4 Å². The second kappa shape index (κ2) is 6.58. The maximum Gasteiger partial charge on any atom is 0.254 e. The molecule has 2 nitrogen and oxygen atoms in total. The van der Waals surface area contributed by atoms with Crippen molar-refractivity contribution in [2.24, 2.45) is 0 Å². The van der Waals surface area contributed by atoms with Crippen LogP contribution in [0.3, 0.4) is 0 Å². The highest BCUT2D eigenvalue weighted by atomic mass is 79.9. The van der Waals surface area contributed by atoms with Gasteiger partial charge in [-0.3, -0.25) is 4.79 Å². The molecular formula is C14H17BrClNO. The number of carbonyl (C=O) groups excluding carboxylic acids is 1. The van der Waals surface area contributed by atoms with E-state index in [0.717, 1.165) is 29.4 Å². The van der Waals surface area contributed by atoms with Gasteiger partial charge in [0.15, 0.2) is 0 Å². The molecule has 1 fully saturated rings. The average molecular weight is 331 g/mol. The monoisotopic (exact) mass is 329 g/mol. The number of alkyl halides is 1. The van der Waals surface area contributed by atoms with E-state index in [0.29, 0.717) is 5.88 Å². The zero-order valence-electron chi connectivity index (χ0n) is 10.2. The van der Waals surface area contributed by atoms with Crippen LogP contribution in [-0.4, -0.2) is 29.3 Å². The fourth-order valence-electron chi connectivity index (χ4n) is 2.36. The maximum atomic E-state index is 12.5. The predicted molar refractivity (Wildman–Crippen MR) is 78.2 cm³/mol. The van der Waals surface area contributed by atoms with Crippen LogP contribution in [-0.2, 0) is 0 Å². The highest BCUT2D eigenvalue weighted by Crippen LogP contribution is 2.21. The molecule has 2 rings (SSSR count). The number of halogens is 2. The van der Waals surface area contributed by atoms with Crippen LogP contribution in [0.2, 0.25) is 0 Å². The van der Waals surface area contributed by atoms with Crippen molar-refractivity contribution in [2.45, 2.75) is 31.7 Å². The number of hydrogen-bond acceptors (Lipinski definition) is 1. The van der Waals surface area contributed by atoms with Gasteiger partial charge < -0.3 is 4.90 Å². The number of benzene rings is 1. The maximum absolute atomic E-state index is 12.5. The van der Waals surface area contributed by atoms with E-state index >= 15 is 0 Å². The summed E-state index contributed by atoms with van der Waals surface area (Å²) in [5, 5.41) is 0. The third kappa shape index (κ3) is 3.27. The zero-order chi connectivity index (χ0) is 13.0. The number of amides is 1. The van der Waals surface area contributed by atoms with Gasteiger partial charge in [0.05, 0.1) is 0 Å². The summed E-state index contributed by atoms with van der Waals surface area (Å²) >= 11 is 9.39. The van der Waals surface area contributed by atoms with Gasteiger partial charge in [0, 0.05) is 28.5 Å². The lowest BCUT2D eigenvalue weighted by atomic mass is 10.1. The summed E-state index contributed by atoms with van der Waals surface area (Å²) in [7, 11) is 0. The molecular weight excluding hydrogens is 314 g/mol. The van der Waals surface area contributed by atoms with Crippen LogP contribution >= 0.6 is 27.5 Å². The van der Waals surface area contributed by atoms with Crippen molar-refractivity contribution in [1.29, 1.82) is 0 Å². The summed E-state index contributed by atoms with van der Waals surface area (Å²) in [6.45, 7) is 0.826. The first-order valence-electron chi connectivity index (χ1n) is 6.35. The van der Waals surface area contributed by atoms with Crippen molar-refractivity contribution >= 4 is 33.4 Å². The largest absolute Gasteiger partial charge is 0.334 e. The average Bonchev–Trinajstić information content (AvgIpc) is 2.63. The van der Waals surface area contributed by atoms with Crippen LogP contribution in [0.5, 0.6) is 0 Å². The fraction of sp³-hybridized carbons (Fsp3) is 0.500. The molecule has 0 spiro atoms. The van der Waals surface area contributed by atoms with E-state index < -0.39 is 0 Å². The lowest BCUT2D eigenvalue weighted by molar-refractivity contribution is 0.0700. The Hall–Kier alpha value is -0.540. The minimum absolute atomic E-state index is 0.107. The second-order valence-electron chi connectivity index (χ2n) is 4.66. The van der Waals surface area contributed by atoms with E-state index in [9.17, 15) is 4.79 Å². The molecule has 1 saturated heterocycles. The standard InChI is InChI=1S/C14H17BrClNO/c15-12-7-5-11(6-8-12)14(18)17-9-3-1-2-4-13(17)10-16/h5-8,13H,1-4,9-10H2. The molecule has 0 radical (unpaired) electrons. The van der Waals surface area contributed by atoms with Crippen molar-refractivity contribution in [3.05, 3.63) is 34.3 Å². The van der Waals surface area contributed by atoms with E-state index in [-0.39, 0.29) is 11.9 Å².